The number of benzene rings is 1. The van der Waals surface area contributed by atoms with Gasteiger partial charge >= 0.3 is 0 Å². The van der Waals surface area contributed by atoms with E-state index in [1.165, 1.54) is 17.7 Å². The Kier molecular flexibility index (Phi) is 2.60. The average Bonchev–Trinajstić information content (AvgIpc) is 3.00. The van der Waals surface area contributed by atoms with Crippen molar-refractivity contribution in [2.45, 2.75) is 0 Å². The van der Waals surface area contributed by atoms with Gasteiger partial charge in [-0.15, -0.1) is 11.3 Å². The quantitative estimate of drug-likeness (QED) is 0.774. The van der Waals surface area contributed by atoms with E-state index in [1.807, 2.05) is 0 Å². The summed E-state index contributed by atoms with van der Waals surface area (Å²) in [5, 5.41) is 8.60. The molecule has 0 fully saturated rings. The first kappa shape index (κ1) is 11.0. The number of halogens is 2. The van der Waals surface area contributed by atoms with Crippen molar-refractivity contribution in [1.29, 1.82) is 0 Å². The summed E-state index contributed by atoms with van der Waals surface area (Å²) in [6, 6.07) is 3.27. The molecule has 3 aromatic rings. The van der Waals surface area contributed by atoms with E-state index in [2.05, 4.69) is 20.2 Å². The molecule has 4 nitrogen and oxygen atoms in total. The number of hydrogen-bond donors (Lipinski definition) is 1. The fourth-order valence-corrected chi connectivity index (χ4v) is 2.27. The molecule has 0 atom stereocenters. The van der Waals surface area contributed by atoms with Gasteiger partial charge in [0, 0.05) is 10.9 Å². The maximum absolute atomic E-state index is 13.6. The molecular weight excluding hydrogens is 258 g/mol. The zero-order valence-corrected chi connectivity index (χ0v) is 9.71. The van der Waals surface area contributed by atoms with Gasteiger partial charge in [0.1, 0.15) is 18.0 Å². The topological polar surface area (TPSA) is 54.5 Å². The minimum absolute atomic E-state index is 0.136. The van der Waals surface area contributed by atoms with Gasteiger partial charge < -0.3 is 0 Å². The first-order chi connectivity index (χ1) is 8.74. The van der Waals surface area contributed by atoms with Gasteiger partial charge in [0.15, 0.2) is 10.8 Å². The van der Waals surface area contributed by atoms with E-state index in [9.17, 15) is 8.78 Å². The van der Waals surface area contributed by atoms with Crippen LogP contribution in [0.1, 0.15) is 0 Å². The van der Waals surface area contributed by atoms with Crippen LogP contribution in [0.5, 0.6) is 0 Å². The molecule has 0 aliphatic carbocycles. The number of H-pyrrole nitrogens is 1. The first-order valence-corrected chi connectivity index (χ1v) is 5.88. The van der Waals surface area contributed by atoms with Crippen LogP contribution in [0.3, 0.4) is 0 Å². The molecule has 0 spiro atoms. The molecule has 0 aliphatic heterocycles. The summed E-state index contributed by atoms with van der Waals surface area (Å²) in [7, 11) is 0. The van der Waals surface area contributed by atoms with Crippen molar-refractivity contribution >= 4 is 11.3 Å². The van der Waals surface area contributed by atoms with Crippen LogP contribution >= 0.6 is 11.3 Å². The van der Waals surface area contributed by atoms with Crippen LogP contribution in [0, 0.1) is 11.6 Å². The van der Waals surface area contributed by atoms with Gasteiger partial charge in [-0.1, -0.05) is 0 Å². The minimum Gasteiger partial charge on any atom is -0.257 e. The lowest BCUT2D eigenvalue weighted by atomic mass is 10.1. The van der Waals surface area contributed by atoms with E-state index in [0.29, 0.717) is 16.5 Å². The highest BCUT2D eigenvalue weighted by Crippen LogP contribution is 2.28. The van der Waals surface area contributed by atoms with Crippen molar-refractivity contribution in [2.75, 3.05) is 0 Å². The van der Waals surface area contributed by atoms with Crippen LogP contribution in [0.25, 0.3) is 22.1 Å². The number of thiazole rings is 1. The van der Waals surface area contributed by atoms with Crippen molar-refractivity contribution in [3.8, 4) is 22.1 Å². The van der Waals surface area contributed by atoms with Gasteiger partial charge in [0.25, 0.3) is 0 Å². The molecule has 2 aromatic heterocycles. The van der Waals surface area contributed by atoms with Gasteiger partial charge in [0.05, 0.1) is 5.69 Å². The lowest BCUT2D eigenvalue weighted by Gasteiger charge is -1.98. The lowest BCUT2D eigenvalue weighted by molar-refractivity contribution is 0.603. The number of aromatic amines is 1. The van der Waals surface area contributed by atoms with Crippen LogP contribution in [-0.4, -0.2) is 20.2 Å². The summed E-state index contributed by atoms with van der Waals surface area (Å²) >= 11 is 1.28. The van der Waals surface area contributed by atoms with Gasteiger partial charge in [-0.25, -0.2) is 18.7 Å². The summed E-state index contributed by atoms with van der Waals surface area (Å²) in [4.78, 5) is 8.15. The molecule has 0 bridgehead atoms. The van der Waals surface area contributed by atoms with Gasteiger partial charge in [0.2, 0.25) is 0 Å². The lowest BCUT2D eigenvalue weighted by Crippen LogP contribution is -1.87. The van der Waals surface area contributed by atoms with E-state index >= 15 is 0 Å². The average molecular weight is 264 g/mol. The number of hydrogen-bond acceptors (Lipinski definition) is 4. The zero-order valence-electron chi connectivity index (χ0n) is 8.89. The zero-order chi connectivity index (χ0) is 12.5. The summed E-state index contributed by atoms with van der Waals surface area (Å²) in [6.45, 7) is 0. The molecule has 1 aromatic carbocycles. The Hall–Kier alpha value is -2.15. The van der Waals surface area contributed by atoms with Gasteiger partial charge in [-0.3, -0.25) is 5.10 Å². The minimum atomic E-state index is -0.509. The molecule has 1 N–H and O–H groups in total. The van der Waals surface area contributed by atoms with Crippen molar-refractivity contribution < 1.29 is 8.78 Å². The molecule has 90 valence electrons. The number of aromatic nitrogens is 4. The molecule has 3 rings (SSSR count). The van der Waals surface area contributed by atoms with E-state index in [-0.39, 0.29) is 5.56 Å². The summed E-state index contributed by atoms with van der Waals surface area (Å²) in [5.41, 5.74) is 0.514. The third kappa shape index (κ3) is 1.88. The van der Waals surface area contributed by atoms with Crippen LogP contribution in [-0.2, 0) is 0 Å². The van der Waals surface area contributed by atoms with Crippen LogP contribution in [0.4, 0.5) is 8.78 Å². The number of nitrogens with zero attached hydrogens (tertiary/aromatic N) is 3. The van der Waals surface area contributed by atoms with Crippen LogP contribution in [0.15, 0.2) is 29.9 Å². The molecule has 7 heteroatoms. The Morgan fingerprint density at radius 2 is 2.11 bits per heavy atom. The molecule has 0 aliphatic rings. The second-order valence-electron chi connectivity index (χ2n) is 3.50. The third-order valence-corrected chi connectivity index (χ3v) is 3.18. The maximum Gasteiger partial charge on any atom is 0.184 e. The van der Waals surface area contributed by atoms with Crippen molar-refractivity contribution in [3.63, 3.8) is 0 Å². The highest BCUT2D eigenvalue weighted by Gasteiger charge is 2.12. The first-order valence-electron chi connectivity index (χ1n) is 5.01. The predicted molar refractivity (Wildman–Crippen MR) is 62.8 cm³/mol. The highest BCUT2D eigenvalue weighted by molar-refractivity contribution is 7.13. The molecule has 0 unspecified atom stereocenters. The van der Waals surface area contributed by atoms with Crippen molar-refractivity contribution in [3.05, 3.63) is 41.5 Å². The molecular formula is C11H6F2N4S. The van der Waals surface area contributed by atoms with Crippen LogP contribution < -0.4 is 0 Å². The van der Waals surface area contributed by atoms with Crippen molar-refractivity contribution in [2.24, 2.45) is 0 Å². The molecule has 0 saturated heterocycles. The second-order valence-corrected chi connectivity index (χ2v) is 4.35. The fourth-order valence-electron chi connectivity index (χ4n) is 1.51. The predicted octanol–water partition coefficient (Wildman–Crippen LogP) is 2.87. The van der Waals surface area contributed by atoms with Crippen LogP contribution in [0.2, 0.25) is 0 Å². The number of nitrogens with one attached hydrogen (secondary N) is 1. The Labute approximate surface area is 104 Å². The number of rotatable bonds is 2. The van der Waals surface area contributed by atoms with Crippen molar-refractivity contribution in [1.82, 2.24) is 20.2 Å². The standard InChI is InChI=1S/C11H6F2N4S/c12-6-1-2-8(13)7(3-6)9-4-18-11(16-9)10-14-5-15-17-10/h1-5H,(H,14,15,17). The Bertz CT molecular complexity index is 678. The monoisotopic (exact) mass is 264 g/mol. The Morgan fingerprint density at radius 3 is 2.89 bits per heavy atom. The Balaban J connectivity index is 2.05. The summed E-state index contributed by atoms with van der Waals surface area (Å²) in [5.74, 6) is -0.505. The van der Waals surface area contributed by atoms with E-state index in [4.69, 9.17) is 0 Å². The van der Waals surface area contributed by atoms with E-state index < -0.39 is 11.6 Å². The van der Waals surface area contributed by atoms with Gasteiger partial charge in [-0.2, -0.15) is 5.10 Å². The van der Waals surface area contributed by atoms with E-state index in [1.54, 1.807) is 5.38 Å². The molecule has 0 radical (unpaired) electrons. The second kappa shape index (κ2) is 4.26. The summed E-state index contributed by atoms with van der Waals surface area (Å²) < 4.78 is 26.7. The van der Waals surface area contributed by atoms with E-state index in [0.717, 1.165) is 18.2 Å². The smallest absolute Gasteiger partial charge is 0.184 e. The molecule has 18 heavy (non-hydrogen) atoms. The SMILES string of the molecule is Fc1ccc(F)c(-c2csc(-c3ncn[nH]3)n2)c1. The largest absolute Gasteiger partial charge is 0.257 e. The summed E-state index contributed by atoms with van der Waals surface area (Å²) in [6.07, 6.45) is 1.36. The molecule has 0 saturated carbocycles. The maximum atomic E-state index is 13.6. The normalized spacial score (nSPS) is 10.8. The molecule has 0 amide bonds. The highest BCUT2D eigenvalue weighted by atomic mass is 32.1. The molecule has 2 heterocycles. The Morgan fingerprint density at radius 1 is 1.22 bits per heavy atom. The van der Waals surface area contributed by atoms with Gasteiger partial charge in [-0.05, 0) is 18.2 Å². The third-order valence-electron chi connectivity index (χ3n) is 2.33. The fraction of sp³-hybridized carbons (Fsp3) is 0.